The minimum atomic E-state index is -2.61. The quantitative estimate of drug-likeness (QED) is 0.231. The predicted octanol–water partition coefficient (Wildman–Crippen LogP) is 7.45. The zero-order valence-electron chi connectivity index (χ0n) is 24.5. The first kappa shape index (κ1) is 29.3. The van der Waals surface area contributed by atoms with E-state index in [4.69, 9.17) is 9.16 Å². The second-order valence-electron chi connectivity index (χ2n) is 12.2. The summed E-state index contributed by atoms with van der Waals surface area (Å²) in [6.07, 6.45) is -0.418. The van der Waals surface area contributed by atoms with Gasteiger partial charge in [0.05, 0.1) is 6.61 Å². The van der Waals surface area contributed by atoms with E-state index in [1.165, 1.54) is 10.4 Å². The van der Waals surface area contributed by atoms with Gasteiger partial charge in [0.1, 0.15) is 5.60 Å². The summed E-state index contributed by atoms with van der Waals surface area (Å²) in [5.74, 6) is 0. The Morgan fingerprint density at radius 1 is 0.700 bits per heavy atom. The standard InChI is InChI=1S/C35H41NO3Si/c1-34(2,3)39-33(37)36-25-29-15-13-14-20-32(29)28-23-21-27(22-24-28)26-38-40(35(4,5)6,30-16-9-7-10-17-30)31-18-11-8-12-19-31/h7-24H,25-26H2,1-6H3,(H,36,37). The SMILES string of the molecule is CC(C)(C)OC(=O)NCc1ccccc1-c1ccc(CO[Si](c2ccccc2)(c2ccccc2)C(C)(C)C)cc1. The predicted molar refractivity (Wildman–Crippen MR) is 167 cm³/mol. The van der Waals surface area contributed by atoms with Crippen molar-refractivity contribution in [3.63, 3.8) is 0 Å². The molecule has 0 bridgehead atoms. The number of hydrogen-bond acceptors (Lipinski definition) is 3. The first-order chi connectivity index (χ1) is 19.0. The number of hydrogen-bond donors (Lipinski definition) is 1. The molecule has 0 fully saturated rings. The molecule has 0 radical (unpaired) electrons. The van der Waals surface area contributed by atoms with Gasteiger partial charge in [-0.1, -0.05) is 130 Å². The summed E-state index contributed by atoms with van der Waals surface area (Å²) in [6, 6.07) is 38.1. The van der Waals surface area contributed by atoms with E-state index >= 15 is 0 Å². The highest BCUT2D eigenvalue weighted by Gasteiger charge is 2.50. The molecule has 0 saturated carbocycles. The maximum atomic E-state index is 12.2. The minimum absolute atomic E-state index is 0.0737. The average Bonchev–Trinajstić information content (AvgIpc) is 2.92. The van der Waals surface area contributed by atoms with Gasteiger partial charge >= 0.3 is 6.09 Å². The van der Waals surface area contributed by atoms with Crippen LogP contribution in [-0.4, -0.2) is 20.0 Å². The number of carbonyl (C=O) groups is 1. The van der Waals surface area contributed by atoms with E-state index in [9.17, 15) is 4.79 Å². The molecule has 0 aliphatic heterocycles. The Labute approximate surface area is 240 Å². The van der Waals surface area contributed by atoms with Crippen molar-refractivity contribution in [2.75, 3.05) is 0 Å². The van der Waals surface area contributed by atoms with Gasteiger partial charge in [-0.15, -0.1) is 0 Å². The normalized spacial score (nSPS) is 12.2. The van der Waals surface area contributed by atoms with Gasteiger partial charge in [0, 0.05) is 6.54 Å². The number of nitrogens with one attached hydrogen (secondary N) is 1. The summed E-state index contributed by atoms with van der Waals surface area (Å²) < 4.78 is 12.5. The van der Waals surface area contributed by atoms with Gasteiger partial charge in [-0.25, -0.2) is 4.79 Å². The highest BCUT2D eigenvalue weighted by atomic mass is 28.4. The van der Waals surface area contributed by atoms with Crippen LogP contribution in [0.5, 0.6) is 0 Å². The van der Waals surface area contributed by atoms with Crippen LogP contribution < -0.4 is 15.7 Å². The molecule has 208 valence electrons. The van der Waals surface area contributed by atoms with Crippen LogP contribution in [0, 0.1) is 0 Å². The maximum absolute atomic E-state index is 12.2. The fourth-order valence-electron chi connectivity index (χ4n) is 5.17. The molecule has 4 aromatic rings. The molecule has 0 unspecified atom stereocenters. The van der Waals surface area contributed by atoms with Crippen molar-refractivity contribution in [3.8, 4) is 11.1 Å². The van der Waals surface area contributed by atoms with Crippen LogP contribution in [0.4, 0.5) is 4.79 Å². The molecule has 4 nitrogen and oxygen atoms in total. The van der Waals surface area contributed by atoms with Gasteiger partial charge in [0.15, 0.2) is 0 Å². The van der Waals surface area contributed by atoms with Gasteiger partial charge in [-0.2, -0.15) is 0 Å². The van der Waals surface area contributed by atoms with Crippen molar-refractivity contribution in [1.29, 1.82) is 0 Å². The third kappa shape index (κ3) is 6.90. The van der Waals surface area contributed by atoms with Crippen molar-refractivity contribution in [2.45, 2.75) is 65.3 Å². The third-order valence-corrected chi connectivity index (χ3v) is 12.0. The van der Waals surface area contributed by atoms with Crippen molar-refractivity contribution in [3.05, 3.63) is 120 Å². The molecular formula is C35H41NO3Si. The second kappa shape index (κ2) is 12.2. The Hall–Kier alpha value is -3.67. The van der Waals surface area contributed by atoms with Crippen molar-refractivity contribution in [1.82, 2.24) is 5.32 Å². The van der Waals surface area contributed by atoms with E-state index in [1.54, 1.807) is 0 Å². The Bertz CT molecular complexity index is 1350. The highest BCUT2D eigenvalue weighted by molar-refractivity contribution is 6.99. The molecule has 0 atom stereocenters. The number of amides is 1. The molecule has 40 heavy (non-hydrogen) atoms. The first-order valence-electron chi connectivity index (χ1n) is 13.9. The van der Waals surface area contributed by atoms with Crippen LogP contribution in [-0.2, 0) is 22.3 Å². The lowest BCUT2D eigenvalue weighted by atomic mass is 9.99. The molecule has 4 aromatic carbocycles. The first-order valence-corrected chi connectivity index (χ1v) is 15.8. The second-order valence-corrected chi connectivity index (χ2v) is 16.5. The Morgan fingerprint density at radius 2 is 1.23 bits per heavy atom. The summed E-state index contributed by atoms with van der Waals surface area (Å²) in [5, 5.41) is 5.36. The Morgan fingerprint density at radius 3 is 1.75 bits per heavy atom. The van der Waals surface area contributed by atoms with E-state index in [2.05, 4.69) is 117 Å². The molecular weight excluding hydrogens is 510 g/mol. The van der Waals surface area contributed by atoms with Crippen molar-refractivity contribution < 1.29 is 14.0 Å². The Balaban J connectivity index is 1.57. The summed E-state index contributed by atoms with van der Waals surface area (Å²) in [7, 11) is -2.61. The number of carbonyl (C=O) groups excluding carboxylic acids is 1. The molecule has 0 aliphatic rings. The number of benzene rings is 4. The van der Waals surface area contributed by atoms with Gasteiger partial charge in [0.2, 0.25) is 0 Å². The molecule has 1 amide bonds. The van der Waals surface area contributed by atoms with E-state index < -0.39 is 20.0 Å². The van der Waals surface area contributed by atoms with Gasteiger partial charge in [-0.05, 0) is 58.4 Å². The lowest BCUT2D eigenvalue weighted by Crippen LogP contribution is -2.66. The van der Waals surface area contributed by atoms with E-state index in [-0.39, 0.29) is 5.04 Å². The molecule has 0 aliphatic carbocycles. The van der Waals surface area contributed by atoms with E-state index in [0.29, 0.717) is 13.2 Å². The topological polar surface area (TPSA) is 47.6 Å². The summed E-state index contributed by atoms with van der Waals surface area (Å²) >= 11 is 0. The van der Waals surface area contributed by atoms with E-state index in [1.807, 2.05) is 39.0 Å². The third-order valence-electron chi connectivity index (χ3n) is 6.98. The van der Waals surface area contributed by atoms with Crippen LogP contribution in [0.15, 0.2) is 109 Å². The molecule has 5 heteroatoms. The molecule has 0 spiro atoms. The maximum Gasteiger partial charge on any atom is 0.407 e. The monoisotopic (exact) mass is 551 g/mol. The van der Waals surface area contributed by atoms with Crippen LogP contribution in [0.25, 0.3) is 11.1 Å². The smallest absolute Gasteiger partial charge is 0.407 e. The van der Waals surface area contributed by atoms with Crippen LogP contribution in [0.1, 0.15) is 52.7 Å². The number of ether oxygens (including phenoxy) is 1. The van der Waals surface area contributed by atoms with Crippen molar-refractivity contribution >= 4 is 24.8 Å². The minimum Gasteiger partial charge on any atom is -0.444 e. The fourth-order valence-corrected chi connectivity index (χ4v) is 9.71. The molecule has 1 N–H and O–H groups in total. The number of rotatable bonds is 8. The lowest BCUT2D eigenvalue weighted by molar-refractivity contribution is 0.0523. The molecule has 0 heterocycles. The largest absolute Gasteiger partial charge is 0.444 e. The zero-order valence-corrected chi connectivity index (χ0v) is 25.5. The lowest BCUT2D eigenvalue weighted by Gasteiger charge is -2.43. The Kier molecular flexibility index (Phi) is 8.97. The fraction of sp³-hybridized carbons (Fsp3) is 0.286. The molecule has 0 saturated heterocycles. The van der Waals surface area contributed by atoms with Crippen LogP contribution >= 0.6 is 0 Å². The van der Waals surface area contributed by atoms with Crippen molar-refractivity contribution in [2.24, 2.45) is 0 Å². The van der Waals surface area contributed by atoms with Crippen LogP contribution in [0.2, 0.25) is 5.04 Å². The number of alkyl carbamates (subject to hydrolysis) is 1. The van der Waals surface area contributed by atoms with E-state index in [0.717, 1.165) is 22.3 Å². The summed E-state index contributed by atoms with van der Waals surface area (Å²) in [5.41, 5.74) is 3.80. The van der Waals surface area contributed by atoms with Crippen LogP contribution in [0.3, 0.4) is 0 Å². The zero-order chi connectivity index (χ0) is 28.8. The van der Waals surface area contributed by atoms with Gasteiger partial charge < -0.3 is 14.5 Å². The molecule has 4 rings (SSSR count). The van der Waals surface area contributed by atoms with Gasteiger partial charge in [0.25, 0.3) is 8.32 Å². The summed E-state index contributed by atoms with van der Waals surface area (Å²) in [4.78, 5) is 12.2. The average molecular weight is 552 g/mol. The summed E-state index contributed by atoms with van der Waals surface area (Å²) in [6.45, 7) is 13.4. The molecule has 0 aromatic heterocycles. The highest BCUT2D eigenvalue weighted by Crippen LogP contribution is 2.37. The van der Waals surface area contributed by atoms with Gasteiger partial charge in [-0.3, -0.25) is 0 Å².